The zero-order valence-corrected chi connectivity index (χ0v) is 16.7. The highest BCUT2D eigenvalue weighted by Crippen LogP contribution is 2.26. The fourth-order valence-electron chi connectivity index (χ4n) is 3.03. The standard InChI is InChI=1S/C21H15F5N4O2/c1-11-19(12(2)30(29-11)17-5-3-14(22)8-16(17)23)20(31)28-15-4-6-18(13(7-15)9-27)32-10-21(24,25)26/h3-8H,10H2,1-2H3,(H,28,31). The molecule has 1 amide bonds. The number of carbonyl (C=O) groups excluding carboxylic acids is 1. The summed E-state index contributed by atoms with van der Waals surface area (Å²) in [5.74, 6) is -2.55. The first-order valence-corrected chi connectivity index (χ1v) is 9.07. The monoisotopic (exact) mass is 450 g/mol. The maximum absolute atomic E-state index is 14.1. The van der Waals surface area contributed by atoms with Crippen LogP contribution in [0.3, 0.4) is 0 Å². The van der Waals surface area contributed by atoms with Gasteiger partial charge in [-0.1, -0.05) is 0 Å². The van der Waals surface area contributed by atoms with E-state index in [1.54, 1.807) is 6.07 Å². The van der Waals surface area contributed by atoms with Gasteiger partial charge in [0, 0.05) is 11.8 Å². The lowest BCUT2D eigenvalue weighted by atomic mass is 10.1. The van der Waals surface area contributed by atoms with Crippen molar-refractivity contribution in [3.63, 3.8) is 0 Å². The molecule has 0 bridgehead atoms. The lowest BCUT2D eigenvalue weighted by Gasteiger charge is -2.12. The lowest BCUT2D eigenvalue weighted by Crippen LogP contribution is -2.19. The van der Waals surface area contributed by atoms with Gasteiger partial charge in [-0.2, -0.15) is 23.5 Å². The number of nitrogens with one attached hydrogen (secondary N) is 1. The summed E-state index contributed by atoms with van der Waals surface area (Å²) in [7, 11) is 0. The Labute approximate surface area is 178 Å². The number of rotatable bonds is 5. The van der Waals surface area contributed by atoms with Crippen molar-refractivity contribution in [2.24, 2.45) is 0 Å². The second-order valence-electron chi connectivity index (χ2n) is 6.73. The number of nitrogens with zero attached hydrogens (tertiary/aromatic N) is 3. The smallest absolute Gasteiger partial charge is 0.422 e. The van der Waals surface area contributed by atoms with E-state index in [-0.39, 0.29) is 39.6 Å². The second-order valence-corrected chi connectivity index (χ2v) is 6.73. The van der Waals surface area contributed by atoms with Crippen LogP contribution in [0.15, 0.2) is 36.4 Å². The average Bonchev–Trinajstić information content (AvgIpc) is 3.00. The van der Waals surface area contributed by atoms with E-state index in [1.165, 1.54) is 32.0 Å². The summed E-state index contributed by atoms with van der Waals surface area (Å²) in [6.07, 6.45) is -4.57. The Hall–Kier alpha value is -3.94. The van der Waals surface area contributed by atoms with E-state index in [0.717, 1.165) is 16.8 Å². The van der Waals surface area contributed by atoms with E-state index >= 15 is 0 Å². The topological polar surface area (TPSA) is 79.9 Å². The molecule has 11 heteroatoms. The molecule has 1 N–H and O–H groups in total. The van der Waals surface area contributed by atoms with Gasteiger partial charge in [-0.05, 0) is 44.2 Å². The van der Waals surface area contributed by atoms with Crippen LogP contribution >= 0.6 is 0 Å². The van der Waals surface area contributed by atoms with Crippen LogP contribution in [-0.2, 0) is 0 Å². The Bertz CT molecular complexity index is 1230. The van der Waals surface area contributed by atoms with Gasteiger partial charge in [0.25, 0.3) is 5.91 Å². The van der Waals surface area contributed by atoms with E-state index in [9.17, 15) is 32.0 Å². The van der Waals surface area contributed by atoms with Crippen LogP contribution in [-0.4, -0.2) is 28.5 Å². The quantitative estimate of drug-likeness (QED) is 0.565. The minimum Gasteiger partial charge on any atom is -0.483 e. The summed E-state index contributed by atoms with van der Waals surface area (Å²) >= 11 is 0. The number of aromatic nitrogens is 2. The first-order valence-electron chi connectivity index (χ1n) is 9.07. The number of halogens is 5. The van der Waals surface area contributed by atoms with Crippen LogP contribution in [0, 0.1) is 36.8 Å². The van der Waals surface area contributed by atoms with Gasteiger partial charge in [-0.25, -0.2) is 13.5 Å². The Morgan fingerprint density at radius 1 is 1.19 bits per heavy atom. The molecular formula is C21H15F5N4O2. The minimum absolute atomic E-state index is 0.0519. The molecule has 2 aromatic carbocycles. The molecule has 6 nitrogen and oxygen atoms in total. The van der Waals surface area contributed by atoms with Crippen LogP contribution in [0.4, 0.5) is 27.6 Å². The summed E-state index contributed by atoms with van der Waals surface area (Å²) in [5, 5.41) is 15.9. The summed E-state index contributed by atoms with van der Waals surface area (Å²) in [6, 6.07) is 8.22. The fraction of sp³-hybridized carbons (Fsp3) is 0.190. The maximum Gasteiger partial charge on any atom is 0.422 e. The van der Waals surface area contributed by atoms with Gasteiger partial charge in [-0.3, -0.25) is 4.79 Å². The predicted octanol–water partition coefficient (Wildman–Crippen LogP) is 4.83. The third-order valence-corrected chi connectivity index (χ3v) is 4.41. The number of benzene rings is 2. The molecule has 1 aromatic heterocycles. The summed E-state index contributed by atoms with van der Waals surface area (Å²) in [6.45, 7) is 1.48. The van der Waals surface area contributed by atoms with Crippen molar-refractivity contribution in [1.82, 2.24) is 9.78 Å². The van der Waals surface area contributed by atoms with Crippen LogP contribution in [0.25, 0.3) is 5.69 Å². The first-order chi connectivity index (χ1) is 15.0. The van der Waals surface area contributed by atoms with Crippen LogP contribution < -0.4 is 10.1 Å². The number of hydrogen-bond acceptors (Lipinski definition) is 4. The molecule has 3 aromatic rings. The lowest BCUT2D eigenvalue weighted by molar-refractivity contribution is -0.153. The number of alkyl halides is 3. The molecule has 0 saturated carbocycles. The molecule has 0 aliphatic heterocycles. The normalized spacial score (nSPS) is 11.2. The minimum atomic E-state index is -4.57. The van der Waals surface area contributed by atoms with Crippen molar-refractivity contribution >= 4 is 11.6 Å². The molecule has 1 heterocycles. The highest BCUT2D eigenvalue weighted by molar-refractivity contribution is 6.06. The predicted molar refractivity (Wildman–Crippen MR) is 104 cm³/mol. The number of amides is 1. The SMILES string of the molecule is Cc1nn(-c2ccc(F)cc2F)c(C)c1C(=O)Nc1ccc(OCC(F)(F)F)c(C#N)c1. The van der Waals surface area contributed by atoms with Gasteiger partial charge >= 0.3 is 6.18 Å². The molecule has 0 spiro atoms. The van der Waals surface area contributed by atoms with Crippen LogP contribution in [0.1, 0.15) is 27.3 Å². The maximum atomic E-state index is 14.1. The van der Waals surface area contributed by atoms with Crippen molar-refractivity contribution in [3.8, 4) is 17.5 Å². The van der Waals surface area contributed by atoms with Crippen LogP contribution in [0.5, 0.6) is 5.75 Å². The highest BCUT2D eigenvalue weighted by Gasteiger charge is 2.29. The number of nitriles is 1. The molecular weight excluding hydrogens is 435 g/mol. The van der Waals surface area contributed by atoms with Gasteiger partial charge in [0.15, 0.2) is 12.4 Å². The molecule has 0 aliphatic rings. The molecule has 0 saturated heterocycles. The van der Waals surface area contributed by atoms with Crippen LogP contribution in [0.2, 0.25) is 0 Å². The van der Waals surface area contributed by atoms with Crippen molar-refractivity contribution in [2.75, 3.05) is 11.9 Å². The van der Waals surface area contributed by atoms with Gasteiger partial charge in [-0.15, -0.1) is 0 Å². The highest BCUT2D eigenvalue weighted by atomic mass is 19.4. The van der Waals surface area contributed by atoms with Gasteiger partial charge < -0.3 is 10.1 Å². The number of carbonyl (C=O) groups is 1. The van der Waals surface area contributed by atoms with Crippen molar-refractivity contribution in [2.45, 2.75) is 20.0 Å². The second kappa shape index (κ2) is 8.66. The zero-order valence-electron chi connectivity index (χ0n) is 16.7. The summed E-state index contributed by atoms with van der Waals surface area (Å²) in [5.41, 5.74) is 0.522. The van der Waals surface area contributed by atoms with Gasteiger partial charge in [0.2, 0.25) is 0 Å². The molecule has 0 unspecified atom stereocenters. The average molecular weight is 450 g/mol. The Balaban J connectivity index is 1.86. The summed E-state index contributed by atoms with van der Waals surface area (Å²) in [4.78, 5) is 12.8. The van der Waals surface area contributed by atoms with E-state index < -0.39 is 30.3 Å². The van der Waals surface area contributed by atoms with E-state index in [4.69, 9.17) is 0 Å². The number of ether oxygens (including phenoxy) is 1. The summed E-state index contributed by atoms with van der Waals surface area (Å²) < 4.78 is 70.2. The molecule has 0 atom stereocenters. The third-order valence-electron chi connectivity index (χ3n) is 4.41. The number of aryl methyl sites for hydroxylation is 1. The van der Waals surface area contributed by atoms with Gasteiger partial charge in [0.05, 0.1) is 22.5 Å². The third kappa shape index (κ3) is 4.85. The molecule has 0 fully saturated rings. The Morgan fingerprint density at radius 3 is 2.53 bits per heavy atom. The largest absolute Gasteiger partial charge is 0.483 e. The number of hydrogen-bond donors (Lipinski definition) is 1. The zero-order chi connectivity index (χ0) is 23.6. The van der Waals surface area contributed by atoms with Crippen molar-refractivity contribution in [3.05, 3.63) is 70.5 Å². The first kappa shape index (κ1) is 22.7. The Morgan fingerprint density at radius 2 is 1.91 bits per heavy atom. The fourth-order valence-corrected chi connectivity index (χ4v) is 3.03. The van der Waals surface area contributed by atoms with Crippen molar-refractivity contribution < 1.29 is 31.5 Å². The molecule has 32 heavy (non-hydrogen) atoms. The van der Waals surface area contributed by atoms with Crippen molar-refractivity contribution in [1.29, 1.82) is 5.26 Å². The molecule has 0 radical (unpaired) electrons. The van der Waals surface area contributed by atoms with Gasteiger partial charge in [0.1, 0.15) is 23.3 Å². The van der Waals surface area contributed by atoms with E-state index in [0.29, 0.717) is 6.07 Å². The van der Waals surface area contributed by atoms with E-state index in [1.807, 2.05) is 0 Å². The molecule has 0 aliphatic carbocycles. The Kier molecular flexibility index (Phi) is 6.16. The molecule has 3 rings (SSSR count). The number of anilines is 1. The molecule has 166 valence electrons. The van der Waals surface area contributed by atoms with E-state index in [2.05, 4.69) is 15.2 Å².